The third-order valence-corrected chi connectivity index (χ3v) is 2.93. The Kier molecular flexibility index (Phi) is 5.44. The topological polar surface area (TPSA) is 52.6 Å². The van der Waals surface area contributed by atoms with Gasteiger partial charge < -0.3 is 15.3 Å². The zero-order chi connectivity index (χ0) is 13.7. The van der Waals surface area contributed by atoms with Crippen molar-refractivity contribution < 1.29 is 9.90 Å². The van der Waals surface area contributed by atoms with Crippen LogP contribution < -0.4 is 5.32 Å². The van der Waals surface area contributed by atoms with Gasteiger partial charge >= 0.3 is 5.97 Å². The number of halogens is 1. The van der Waals surface area contributed by atoms with Crippen LogP contribution >= 0.6 is 11.6 Å². The van der Waals surface area contributed by atoms with Crippen LogP contribution in [0.15, 0.2) is 18.2 Å². The Labute approximate surface area is 113 Å². The smallest absolute Gasteiger partial charge is 0.337 e. The third kappa shape index (κ3) is 4.55. The summed E-state index contributed by atoms with van der Waals surface area (Å²) in [5, 5.41) is 12.4. The number of nitrogens with one attached hydrogen (secondary N) is 1. The molecule has 0 aliphatic heterocycles. The Morgan fingerprint density at radius 2 is 2.17 bits per heavy atom. The fraction of sp³-hybridized carbons (Fsp3) is 0.462. The van der Waals surface area contributed by atoms with Crippen molar-refractivity contribution in [1.82, 2.24) is 4.90 Å². The minimum absolute atomic E-state index is 0.128. The second-order valence-corrected chi connectivity index (χ2v) is 5.04. The summed E-state index contributed by atoms with van der Waals surface area (Å²) in [6.07, 6.45) is 1.01. The maximum Gasteiger partial charge on any atom is 0.337 e. The zero-order valence-corrected chi connectivity index (χ0v) is 11.7. The van der Waals surface area contributed by atoms with Crippen molar-refractivity contribution in [3.8, 4) is 0 Å². The number of benzene rings is 1. The fourth-order valence-corrected chi connectivity index (χ4v) is 1.85. The molecule has 0 radical (unpaired) electrons. The average Bonchev–Trinajstić information content (AvgIpc) is 2.26. The molecule has 0 bridgehead atoms. The first-order valence-electron chi connectivity index (χ1n) is 5.84. The molecule has 0 aliphatic carbocycles. The Morgan fingerprint density at radius 1 is 1.50 bits per heavy atom. The van der Waals surface area contributed by atoms with E-state index >= 15 is 0 Å². The summed E-state index contributed by atoms with van der Waals surface area (Å²) in [4.78, 5) is 12.9. The molecule has 0 heterocycles. The van der Waals surface area contributed by atoms with E-state index < -0.39 is 5.97 Å². The molecule has 5 heteroatoms. The van der Waals surface area contributed by atoms with Gasteiger partial charge in [-0.1, -0.05) is 11.6 Å². The van der Waals surface area contributed by atoms with E-state index in [4.69, 9.17) is 16.7 Å². The molecular weight excluding hydrogens is 252 g/mol. The lowest BCUT2D eigenvalue weighted by Crippen LogP contribution is -2.23. The summed E-state index contributed by atoms with van der Waals surface area (Å²) < 4.78 is 0. The Balaban J connectivity index is 2.63. The molecule has 0 aliphatic rings. The highest BCUT2D eigenvalue weighted by Gasteiger charge is 2.10. The van der Waals surface area contributed by atoms with Gasteiger partial charge in [-0.3, -0.25) is 0 Å². The van der Waals surface area contributed by atoms with Crippen LogP contribution in [0.1, 0.15) is 23.7 Å². The van der Waals surface area contributed by atoms with E-state index in [9.17, 15) is 4.79 Å². The maximum absolute atomic E-state index is 10.8. The molecule has 2 N–H and O–H groups in total. The Morgan fingerprint density at radius 3 is 2.67 bits per heavy atom. The van der Waals surface area contributed by atoms with Crippen LogP contribution in [0.5, 0.6) is 0 Å². The Hall–Kier alpha value is -1.26. The van der Waals surface area contributed by atoms with Gasteiger partial charge in [0.2, 0.25) is 0 Å². The number of carboxylic acids is 1. The number of rotatable bonds is 6. The monoisotopic (exact) mass is 270 g/mol. The zero-order valence-electron chi connectivity index (χ0n) is 10.9. The van der Waals surface area contributed by atoms with Gasteiger partial charge in [0, 0.05) is 11.7 Å². The van der Waals surface area contributed by atoms with Crippen molar-refractivity contribution in [3.05, 3.63) is 28.8 Å². The van der Waals surface area contributed by atoms with Crippen LogP contribution in [0.25, 0.3) is 0 Å². The molecule has 0 saturated carbocycles. The molecule has 1 aromatic rings. The summed E-state index contributed by atoms with van der Waals surface area (Å²) in [5.74, 6) is -1.01. The summed E-state index contributed by atoms with van der Waals surface area (Å²) in [6.45, 7) is 3.08. The van der Waals surface area contributed by atoms with Gasteiger partial charge in [0.25, 0.3) is 0 Å². The second-order valence-electron chi connectivity index (χ2n) is 4.64. The van der Waals surface area contributed by atoms with E-state index in [1.807, 2.05) is 14.1 Å². The van der Waals surface area contributed by atoms with Crippen LogP contribution in [0, 0.1) is 0 Å². The summed E-state index contributed by atoms with van der Waals surface area (Å²) in [6, 6.07) is 5.21. The quantitative estimate of drug-likeness (QED) is 0.835. The maximum atomic E-state index is 10.8. The fourth-order valence-electron chi connectivity index (χ4n) is 1.59. The van der Waals surface area contributed by atoms with E-state index in [0.29, 0.717) is 6.04 Å². The molecule has 18 heavy (non-hydrogen) atoms. The van der Waals surface area contributed by atoms with Crippen LogP contribution in [-0.2, 0) is 0 Å². The number of carbonyl (C=O) groups is 1. The third-order valence-electron chi connectivity index (χ3n) is 2.62. The lowest BCUT2D eigenvalue weighted by atomic mass is 10.1. The molecule has 100 valence electrons. The molecule has 1 aromatic carbocycles. The number of hydrogen-bond acceptors (Lipinski definition) is 3. The van der Waals surface area contributed by atoms with Gasteiger partial charge in [-0.05, 0) is 52.2 Å². The van der Waals surface area contributed by atoms with Gasteiger partial charge in [-0.15, -0.1) is 0 Å². The first-order valence-corrected chi connectivity index (χ1v) is 6.22. The molecule has 1 atom stereocenters. The first kappa shape index (κ1) is 14.8. The van der Waals surface area contributed by atoms with Crippen molar-refractivity contribution in [2.24, 2.45) is 0 Å². The standard InChI is InChI=1S/C13H19ClN2O2/c1-9(6-7-16(2)3)15-10-4-5-11(13(17)18)12(14)8-10/h4-5,8-9,15H,6-7H2,1-3H3,(H,17,18). The van der Waals surface area contributed by atoms with E-state index in [-0.39, 0.29) is 10.6 Å². The van der Waals surface area contributed by atoms with Gasteiger partial charge in [0.1, 0.15) is 0 Å². The molecule has 4 nitrogen and oxygen atoms in total. The summed E-state index contributed by atoms with van der Waals surface area (Å²) >= 11 is 5.91. The molecule has 1 rings (SSSR count). The molecule has 0 saturated heterocycles. The molecule has 0 spiro atoms. The number of anilines is 1. The molecule has 1 unspecified atom stereocenters. The average molecular weight is 271 g/mol. The summed E-state index contributed by atoms with van der Waals surface area (Å²) in [7, 11) is 4.07. The molecule has 0 amide bonds. The van der Waals surface area contributed by atoms with Gasteiger partial charge in [-0.25, -0.2) is 4.79 Å². The van der Waals surface area contributed by atoms with Gasteiger partial charge in [0.15, 0.2) is 0 Å². The lowest BCUT2D eigenvalue weighted by molar-refractivity contribution is 0.0697. The van der Waals surface area contributed by atoms with E-state index in [1.54, 1.807) is 12.1 Å². The SMILES string of the molecule is CC(CCN(C)C)Nc1ccc(C(=O)O)c(Cl)c1. The number of carboxylic acid groups (broad SMARTS) is 1. The number of nitrogens with zero attached hydrogens (tertiary/aromatic N) is 1. The van der Waals surface area contributed by atoms with Crippen molar-refractivity contribution >= 4 is 23.3 Å². The number of aromatic carboxylic acids is 1. The molecule has 0 fully saturated rings. The van der Waals surface area contributed by atoms with Crippen molar-refractivity contribution in [1.29, 1.82) is 0 Å². The van der Waals surface area contributed by atoms with E-state index in [1.165, 1.54) is 6.07 Å². The highest BCUT2D eigenvalue weighted by Crippen LogP contribution is 2.21. The van der Waals surface area contributed by atoms with Crippen LogP contribution in [0.4, 0.5) is 5.69 Å². The largest absolute Gasteiger partial charge is 0.478 e. The van der Waals surface area contributed by atoms with Crippen molar-refractivity contribution in [3.63, 3.8) is 0 Å². The van der Waals surface area contributed by atoms with E-state index in [2.05, 4.69) is 17.1 Å². The normalized spacial score (nSPS) is 12.5. The van der Waals surface area contributed by atoms with Crippen LogP contribution in [0.2, 0.25) is 5.02 Å². The highest BCUT2D eigenvalue weighted by molar-refractivity contribution is 6.33. The minimum atomic E-state index is -1.01. The summed E-state index contributed by atoms with van der Waals surface area (Å²) in [5.41, 5.74) is 0.972. The first-order chi connectivity index (χ1) is 8.40. The predicted octanol–water partition coefficient (Wildman–Crippen LogP) is 2.79. The predicted molar refractivity (Wildman–Crippen MR) is 74.7 cm³/mol. The minimum Gasteiger partial charge on any atom is -0.478 e. The lowest BCUT2D eigenvalue weighted by Gasteiger charge is -2.18. The van der Waals surface area contributed by atoms with Gasteiger partial charge in [0.05, 0.1) is 10.6 Å². The van der Waals surface area contributed by atoms with E-state index in [0.717, 1.165) is 18.7 Å². The molecular formula is C13H19ClN2O2. The number of hydrogen-bond donors (Lipinski definition) is 2. The Bertz CT molecular complexity index is 421. The molecule has 0 aromatic heterocycles. The highest BCUT2D eigenvalue weighted by atomic mass is 35.5. The van der Waals surface area contributed by atoms with Crippen LogP contribution in [-0.4, -0.2) is 42.7 Å². The second kappa shape index (κ2) is 6.61. The van der Waals surface area contributed by atoms with Gasteiger partial charge in [-0.2, -0.15) is 0 Å². The van der Waals surface area contributed by atoms with Crippen LogP contribution in [0.3, 0.4) is 0 Å². The van der Waals surface area contributed by atoms with Crippen molar-refractivity contribution in [2.75, 3.05) is 26.0 Å². The van der Waals surface area contributed by atoms with Crippen molar-refractivity contribution in [2.45, 2.75) is 19.4 Å².